The van der Waals surface area contributed by atoms with Crippen LogP contribution in [0.4, 0.5) is 9.18 Å². The molecule has 2 heterocycles. The minimum Gasteiger partial charge on any atom is -0.444 e. The molecule has 0 saturated heterocycles. The summed E-state index contributed by atoms with van der Waals surface area (Å²) in [6.07, 6.45) is 0.688. The minimum absolute atomic E-state index is 0.0438. The van der Waals surface area contributed by atoms with Gasteiger partial charge in [0, 0.05) is 19.3 Å². The van der Waals surface area contributed by atoms with Crippen LogP contribution in [0, 0.1) is 5.82 Å². The number of halogens is 3. The molecule has 6 nitrogen and oxygen atoms in total. The lowest BCUT2D eigenvalue weighted by molar-refractivity contribution is 0.0526. The number of rotatable bonds is 3. The van der Waals surface area contributed by atoms with Crippen molar-refractivity contribution < 1.29 is 13.9 Å². The Labute approximate surface area is 136 Å². The van der Waals surface area contributed by atoms with Gasteiger partial charge in [-0.25, -0.2) is 19.2 Å². The minimum atomic E-state index is -0.579. The molecule has 2 aromatic rings. The van der Waals surface area contributed by atoms with Crippen LogP contribution in [-0.2, 0) is 11.3 Å². The summed E-state index contributed by atoms with van der Waals surface area (Å²) in [5.74, 6) is -0.557. The van der Waals surface area contributed by atoms with E-state index in [9.17, 15) is 9.18 Å². The number of carbonyl (C=O) groups is 1. The van der Waals surface area contributed by atoms with Gasteiger partial charge in [0.25, 0.3) is 0 Å². The number of fused-ring (bicyclic) bond motifs is 1. The van der Waals surface area contributed by atoms with E-state index in [-0.39, 0.29) is 29.0 Å². The Morgan fingerprint density at radius 1 is 1.41 bits per heavy atom. The van der Waals surface area contributed by atoms with Gasteiger partial charge < -0.3 is 14.6 Å². The van der Waals surface area contributed by atoms with Gasteiger partial charge in [0.15, 0.2) is 11.0 Å². The number of amides is 1. The molecular formula is C13H15Cl2FN4O2. The fourth-order valence-corrected chi connectivity index (χ4v) is 2.34. The zero-order valence-electron chi connectivity index (χ0n) is 12.3. The Kier molecular flexibility index (Phi) is 4.77. The first kappa shape index (κ1) is 16.8. The largest absolute Gasteiger partial charge is 0.444 e. The number of alkyl carbamates (subject to hydrolysis) is 1. The van der Waals surface area contributed by atoms with Crippen LogP contribution in [-0.4, -0.2) is 32.8 Å². The van der Waals surface area contributed by atoms with Gasteiger partial charge in [0.05, 0.1) is 0 Å². The second-order valence-corrected chi connectivity index (χ2v) is 6.28. The molecule has 0 atom stereocenters. The van der Waals surface area contributed by atoms with Gasteiger partial charge in [-0.3, -0.25) is 0 Å². The topological polar surface area (TPSA) is 69.0 Å². The molecule has 0 aliphatic carbocycles. The first-order chi connectivity index (χ1) is 10.2. The van der Waals surface area contributed by atoms with Gasteiger partial charge in [-0.2, -0.15) is 0 Å². The first-order valence-corrected chi connectivity index (χ1v) is 7.27. The molecule has 0 spiro atoms. The van der Waals surface area contributed by atoms with Gasteiger partial charge >= 0.3 is 6.09 Å². The SMILES string of the molecule is CC(C)(C)OC(=O)NCCn1cc(F)c2nc(Cl)nc(Cl)c21. The Morgan fingerprint density at radius 2 is 2.09 bits per heavy atom. The number of hydrogen-bond donors (Lipinski definition) is 1. The van der Waals surface area contributed by atoms with E-state index in [1.54, 1.807) is 20.8 Å². The maximum absolute atomic E-state index is 13.8. The van der Waals surface area contributed by atoms with Gasteiger partial charge in [-0.15, -0.1) is 0 Å². The number of carbonyl (C=O) groups excluding carboxylic acids is 1. The maximum atomic E-state index is 13.8. The number of ether oxygens (including phenoxy) is 1. The van der Waals surface area contributed by atoms with Crippen LogP contribution >= 0.6 is 23.2 Å². The van der Waals surface area contributed by atoms with Crippen LogP contribution in [0.5, 0.6) is 0 Å². The predicted molar refractivity (Wildman–Crippen MR) is 81.7 cm³/mol. The molecule has 22 heavy (non-hydrogen) atoms. The van der Waals surface area contributed by atoms with E-state index >= 15 is 0 Å². The molecule has 9 heteroatoms. The van der Waals surface area contributed by atoms with Crippen molar-refractivity contribution in [1.29, 1.82) is 0 Å². The summed E-state index contributed by atoms with van der Waals surface area (Å²) < 4.78 is 20.5. The predicted octanol–water partition coefficient (Wildman–Crippen LogP) is 3.40. The summed E-state index contributed by atoms with van der Waals surface area (Å²) in [4.78, 5) is 19.1. The van der Waals surface area contributed by atoms with Gasteiger partial charge in [0.2, 0.25) is 5.28 Å². The Hall–Kier alpha value is -1.60. The highest BCUT2D eigenvalue weighted by Gasteiger charge is 2.17. The van der Waals surface area contributed by atoms with Crippen LogP contribution in [0.2, 0.25) is 10.4 Å². The summed E-state index contributed by atoms with van der Waals surface area (Å²) in [5, 5.41) is 2.51. The second kappa shape index (κ2) is 6.26. The van der Waals surface area contributed by atoms with E-state index in [4.69, 9.17) is 27.9 Å². The molecule has 1 amide bonds. The van der Waals surface area contributed by atoms with E-state index in [2.05, 4.69) is 15.3 Å². The maximum Gasteiger partial charge on any atom is 0.407 e. The molecule has 0 fully saturated rings. The molecule has 0 aromatic carbocycles. The van der Waals surface area contributed by atoms with E-state index in [1.807, 2.05) is 0 Å². The van der Waals surface area contributed by atoms with E-state index in [0.29, 0.717) is 5.52 Å². The van der Waals surface area contributed by atoms with Crippen molar-refractivity contribution in [3.8, 4) is 0 Å². The summed E-state index contributed by atoms with van der Waals surface area (Å²) in [5.41, 5.74) is -0.207. The highest BCUT2D eigenvalue weighted by molar-refractivity contribution is 6.35. The van der Waals surface area contributed by atoms with Crippen molar-refractivity contribution in [2.24, 2.45) is 0 Å². The molecule has 2 aromatic heterocycles. The van der Waals surface area contributed by atoms with E-state index < -0.39 is 17.5 Å². The summed E-state index contributed by atoms with van der Waals surface area (Å²) >= 11 is 11.6. The Balaban J connectivity index is 2.08. The van der Waals surface area contributed by atoms with Crippen molar-refractivity contribution in [3.63, 3.8) is 0 Å². The molecule has 0 unspecified atom stereocenters. The van der Waals surface area contributed by atoms with Crippen LogP contribution in [0.15, 0.2) is 6.20 Å². The Bertz CT molecular complexity index is 712. The van der Waals surface area contributed by atoms with Crippen molar-refractivity contribution in [2.75, 3.05) is 6.54 Å². The van der Waals surface area contributed by atoms with Crippen molar-refractivity contribution in [3.05, 3.63) is 22.5 Å². The highest BCUT2D eigenvalue weighted by Crippen LogP contribution is 2.25. The second-order valence-electron chi connectivity index (χ2n) is 5.58. The molecular weight excluding hydrogens is 334 g/mol. The van der Waals surface area contributed by atoms with E-state index in [1.165, 1.54) is 10.8 Å². The zero-order valence-corrected chi connectivity index (χ0v) is 13.8. The van der Waals surface area contributed by atoms with Gasteiger partial charge in [-0.1, -0.05) is 11.6 Å². The summed E-state index contributed by atoms with van der Waals surface area (Å²) in [6, 6.07) is 0. The first-order valence-electron chi connectivity index (χ1n) is 6.51. The summed E-state index contributed by atoms with van der Waals surface area (Å²) in [7, 11) is 0. The molecule has 1 N–H and O–H groups in total. The van der Waals surface area contributed by atoms with Crippen LogP contribution in [0.25, 0.3) is 11.0 Å². The number of hydrogen-bond acceptors (Lipinski definition) is 4. The highest BCUT2D eigenvalue weighted by atomic mass is 35.5. The lowest BCUT2D eigenvalue weighted by Crippen LogP contribution is -2.34. The standard InChI is InChI=1S/C13H15Cl2FN4O2/c1-13(2,3)22-12(21)17-4-5-20-6-7(16)8-9(20)10(14)19-11(15)18-8/h6H,4-5H2,1-3H3,(H,17,21). The molecule has 0 aliphatic rings. The monoisotopic (exact) mass is 348 g/mol. The zero-order chi connectivity index (χ0) is 16.5. The third kappa shape index (κ3) is 3.98. The molecule has 0 aliphatic heterocycles. The molecule has 0 saturated carbocycles. The quantitative estimate of drug-likeness (QED) is 0.681. The van der Waals surface area contributed by atoms with Gasteiger partial charge in [-0.05, 0) is 32.4 Å². The molecule has 0 bridgehead atoms. The molecule has 120 valence electrons. The lowest BCUT2D eigenvalue weighted by atomic mass is 10.2. The lowest BCUT2D eigenvalue weighted by Gasteiger charge is -2.19. The Morgan fingerprint density at radius 3 is 2.73 bits per heavy atom. The number of nitrogens with zero attached hydrogens (tertiary/aromatic N) is 3. The fraction of sp³-hybridized carbons (Fsp3) is 0.462. The average Bonchev–Trinajstić information content (AvgIpc) is 2.64. The third-order valence-corrected chi connectivity index (χ3v) is 3.05. The third-order valence-electron chi connectivity index (χ3n) is 2.62. The van der Waals surface area contributed by atoms with Crippen LogP contribution in [0.1, 0.15) is 20.8 Å². The molecule has 0 radical (unpaired) electrons. The fourth-order valence-electron chi connectivity index (χ4n) is 1.85. The van der Waals surface area contributed by atoms with Crippen molar-refractivity contribution >= 4 is 40.3 Å². The average molecular weight is 349 g/mol. The van der Waals surface area contributed by atoms with Crippen molar-refractivity contribution in [2.45, 2.75) is 32.9 Å². The molecule has 2 rings (SSSR count). The van der Waals surface area contributed by atoms with E-state index in [0.717, 1.165) is 0 Å². The summed E-state index contributed by atoms with van der Waals surface area (Å²) in [6.45, 7) is 5.81. The number of aromatic nitrogens is 3. The van der Waals surface area contributed by atoms with Gasteiger partial charge in [0.1, 0.15) is 16.6 Å². The number of nitrogens with one attached hydrogen (secondary N) is 1. The normalized spacial score (nSPS) is 11.7. The van der Waals surface area contributed by atoms with Crippen LogP contribution < -0.4 is 5.32 Å². The van der Waals surface area contributed by atoms with Crippen molar-refractivity contribution in [1.82, 2.24) is 19.9 Å². The smallest absolute Gasteiger partial charge is 0.407 e. The van der Waals surface area contributed by atoms with Crippen LogP contribution in [0.3, 0.4) is 0 Å².